The summed E-state index contributed by atoms with van der Waals surface area (Å²) in [5, 5.41) is 8.54. The van der Waals surface area contributed by atoms with Crippen LogP contribution >= 0.6 is 11.6 Å². The maximum atomic E-state index is 13.8. The Balaban J connectivity index is 3.36. The monoisotopic (exact) mass is 294 g/mol. The Morgan fingerprint density at radius 3 is 2.44 bits per heavy atom. The zero-order chi connectivity index (χ0) is 14.1. The van der Waals surface area contributed by atoms with E-state index in [1.165, 1.54) is 6.92 Å². The fourth-order valence-electron chi connectivity index (χ4n) is 1.32. The fourth-order valence-corrected chi connectivity index (χ4v) is 2.80. The molecule has 18 heavy (non-hydrogen) atoms. The number of hydrogen-bond donors (Lipinski definition) is 1. The number of halogens is 2. The first kappa shape index (κ1) is 14.9. The molecule has 7 heteroatoms. The highest BCUT2D eigenvalue weighted by Crippen LogP contribution is 2.31. The van der Waals surface area contributed by atoms with E-state index in [2.05, 4.69) is 0 Å². The van der Waals surface area contributed by atoms with Crippen molar-refractivity contribution in [1.29, 1.82) is 0 Å². The molecule has 0 aliphatic carbocycles. The first-order valence-electron chi connectivity index (χ1n) is 5.08. The van der Waals surface area contributed by atoms with Gasteiger partial charge in [-0.05, 0) is 19.1 Å². The second-order valence-electron chi connectivity index (χ2n) is 3.86. The van der Waals surface area contributed by atoms with Crippen LogP contribution in [-0.2, 0) is 20.3 Å². The predicted octanol–water partition coefficient (Wildman–Crippen LogP) is 2.40. The van der Waals surface area contributed by atoms with Gasteiger partial charge in [0.25, 0.3) is 0 Å². The minimum absolute atomic E-state index is 0.128. The van der Waals surface area contributed by atoms with Gasteiger partial charge in [0.15, 0.2) is 9.84 Å². The molecule has 1 unspecified atom stereocenters. The van der Waals surface area contributed by atoms with Crippen LogP contribution in [0.1, 0.15) is 19.4 Å². The molecule has 0 saturated heterocycles. The highest BCUT2D eigenvalue weighted by molar-refractivity contribution is 7.91. The SMILES string of the molecule is CCS(=O)(=O)c1ccc(C(C)(F)C(=O)O)cc1Cl. The van der Waals surface area contributed by atoms with Gasteiger partial charge in [0, 0.05) is 5.56 Å². The molecule has 0 heterocycles. The zero-order valence-corrected chi connectivity index (χ0v) is 11.3. The van der Waals surface area contributed by atoms with Crippen LogP contribution in [0.4, 0.5) is 4.39 Å². The van der Waals surface area contributed by atoms with E-state index in [9.17, 15) is 17.6 Å². The number of alkyl halides is 1. The van der Waals surface area contributed by atoms with Gasteiger partial charge in [-0.15, -0.1) is 0 Å². The Morgan fingerprint density at radius 2 is 2.06 bits per heavy atom. The van der Waals surface area contributed by atoms with Gasteiger partial charge in [0.1, 0.15) is 0 Å². The first-order chi connectivity index (χ1) is 8.13. The maximum absolute atomic E-state index is 13.8. The van der Waals surface area contributed by atoms with Gasteiger partial charge in [-0.3, -0.25) is 0 Å². The third-order valence-corrected chi connectivity index (χ3v) is 4.80. The van der Waals surface area contributed by atoms with E-state index in [1.54, 1.807) is 0 Å². The number of hydrogen-bond acceptors (Lipinski definition) is 3. The molecule has 0 bridgehead atoms. The van der Waals surface area contributed by atoms with Gasteiger partial charge >= 0.3 is 5.97 Å². The van der Waals surface area contributed by atoms with Crippen LogP contribution in [0.3, 0.4) is 0 Å². The van der Waals surface area contributed by atoms with Crippen molar-refractivity contribution in [2.24, 2.45) is 0 Å². The van der Waals surface area contributed by atoms with Gasteiger partial charge in [-0.25, -0.2) is 17.6 Å². The lowest BCUT2D eigenvalue weighted by Crippen LogP contribution is -2.27. The molecule has 0 fully saturated rings. The maximum Gasteiger partial charge on any atom is 0.345 e. The van der Waals surface area contributed by atoms with Crippen LogP contribution in [0.5, 0.6) is 0 Å². The topological polar surface area (TPSA) is 71.4 Å². The van der Waals surface area contributed by atoms with Crippen molar-refractivity contribution in [3.8, 4) is 0 Å². The highest BCUT2D eigenvalue weighted by Gasteiger charge is 2.35. The minimum atomic E-state index is -3.51. The number of carbonyl (C=O) groups is 1. The third-order valence-electron chi connectivity index (χ3n) is 2.59. The standard InChI is InChI=1S/C11H12ClFO4S/c1-3-18(16,17)9-5-4-7(6-8(9)12)11(2,13)10(14)15/h4-6H,3H2,1-2H3,(H,14,15). The van der Waals surface area contributed by atoms with Gasteiger partial charge in [-0.1, -0.05) is 24.6 Å². The van der Waals surface area contributed by atoms with Crippen molar-refractivity contribution in [3.05, 3.63) is 28.8 Å². The quantitative estimate of drug-likeness (QED) is 0.925. The largest absolute Gasteiger partial charge is 0.479 e. The van der Waals surface area contributed by atoms with E-state index in [-0.39, 0.29) is 21.2 Å². The summed E-state index contributed by atoms with van der Waals surface area (Å²) in [6.07, 6.45) is 0. The molecule has 0 aromatic heterocycles. The van der Waals surface area contributed by atoms with Crippen molar-refractivity contribution in [3.63, 3.8) is 0 Å². The fraction of sp³-hybridized carbons (Fsp3) is 0.364. The van der Waals surface area contributed by atoms with Crippen LogP contribution in [0.2, 0.25) is 5.02 Å². The molecule has 0 aliphatic rings. The molecule has 100 valence electrons. The predicted molar refractivity (Wildman–Crippen MR) is 65.3 cm³/mol. The molecule has 1 aromatic carbocycles. The number of sulfone groups is 1. The van der Waals surface area contributed by atoms with Crippen LogP contribution < -0.4 is 0 Å². The zero-order valence-electron chi connectivity index (χ0n) is 9.78. The van der Waals surface area contributed by atoms with Crippen molar-refractivity contribution in [2.75, 3.05) is 5.75 Å². The smallest absolute Gasteiger partial charge is 0.345 e. The van der Waals surface area contributed by atoms with E-state index in [1.807, 2.05) is 0 Å². The van der Waals surface area contributed by atoms with Crippen molar-refractivity contribution >= 4 is 27.4 Å². The second kappa shape index (κ2) is 4.85. The Morgan fingerprint density at radius 1 is 1.50 bits per heavy atom. The van der Waals surface area contributed by atoms with Crippen LogP contribution in [-0.4, -0.2) is 25.2 Å². The summed E-state index contributed by atoms with van der Waals surface area (Å²) >= 11 is 5.76. The average Bonchev–Trinajstić information content (AvgIpc) is 2.28. The van der Waals surface area contributed by atoms with Gasteiger partial charge in [0.2, 0.25) is 5.67 Å². The van der Waals surface area contributed by atoms with Crippen LogP contribution in [0.15, 0.2) is 23.1 Å². The van der Waals surface area contributed by atoms with Crippen molar-refractivity contribution in [1.82, 2.24) is 0 Å². The Bertz CT molecular complexity index is 581. The van der Waals surface area contributed by atoms with Crippen molar-refractivity contribution in [2.45, 2.75) is 24.4 Å². The summed E-state index contributed by atoms with van der Waals surface area (Å²) in [6, 6.07) is 3.26. The minimum Gasteiger partial charge on any atom is -0.479 e. The third kappa shape index (κ3) is 2.64. The lowest BCUT2D eigenvalue weighted by Gasteiger charge is -2.16. The number of rotatable bonds is 4. The molecule has 0 saturated carbocycles. The number of benzene rings is 1. The van der Waals surface area contributed by atoms with E-state index in [0.29, 0.717) is 0 Å². The molecular formula is C11H12ClFO4S. The summed E-state index contributed by atoms with van der Waals surface area (Å²) in [6.45, 7) is 2.32. The summed E-state index contributed by atoms with van der Waals surface area (Å²) < 4.78 is 37.1. The van der Waals surface area contributed by atoms with Crippen LogP contribution in [0.25, 0.3) is 0 Å². The molecular weight excluding hydrogens is 283 g/mol. The van der Waals surface area contributed by atoms with E-state index >= 15 is 0 Å². The van der Waals surface area contributed by atoms with Gasteiger partial charge < -0.3 is 5.11 Å². The van der Waals surface area contributed by atoms with Gasteiger partial charge in [0.05, 0.1) is 15.7 Å². The molecule has 4 nitrogen and oxygen atoms in total. The van der Waals surface area contributed by atoms with Gasteiger partial charge in [-0.2, -0.15) is 0 Å². The summed E-state index contributed by atoms with van der Waals surface area (Å²) in [4.78, 5) is 10.6. The number of carboxylic acids is 1. The molecule has 1 aromatic rings. The Hall–Kier alpha value is -1.14. The Kier molecular flexibility index (Phi) is 4.02. The summed E-state index contributed by atoms with van der Waals surface area (Å²) in [5.74, 6) is -1.80. The lowest BCUT2D eigenvalue weighted by atomic mass is 9.98. The molecule has 0 aliphatic heterocycles. The second-order valence-corrected chi connectivity index (χ2v) is 6.51. The Labute approximate surface area is 109 Å². The highest BCUT2D eigenvalue weighted by atomic mass is 35.5. The van der Waals surface area contributed by atoms with E-state index < -0.39 is 21.5 Å². The van der Waals surface area contributed by atoms with E-state index in [4.69, 9.17) is 16.7 Å². The molecule has 1 rings (SSSR count). The van der Waals surface area contributed by atoms with Crippen LogP contribution in [0, 0.1) is 0 Å². The van der Waals surface area contributed by atoms with Crippen molar-refractivity contribution < 1.29 is 22.7 Å². The number of aliphatic carboxylic acids is 1. The lowest BCUT2D eigenvalue weighted by molar-refractivity contribution is -0.150. The summed E-state index contributed by atoms with van der Waals surface area (Å²) in [5.41, 5.74) is -2.81. The first-order valence-corrected chi connectivity index (χ1v) is 7.11. The van der Waals surface area contributed by atoms with E-state index in [0.717, 1.165) is 25.1 Å². The molecule has 1 N–H and O–H groups in total. The normalized spacial score (nSPS) is 15.1. The summed E-state index contributed by atoms with van der Waals surface area (Å²) in [7, 11) is -3.51. The molecule has 1 atom stereocenters. The molecule has 0 amide bonds. The molecule has 0 radical (unpaired) electrons. The molecule has 0 spiro atoms. The number of carboxylic acid groups (broad SMARTS) is 1. The average molecular weight is 295 g/mol.